The van der Waals surface area contributed by atoms with Gasteiger partial charge in [0.2, 0.25) is 5.91 Å². The SMILES string of the molecule is COc1ccc(CN2C(=O)c3ccccc3C2C(=O)NC2CCCC(C)C2C)c(OC)c1. The summed E-state index contributed by atoms with van der Waals surface area (Å²) in [6.45, 7) is 4.73. The normalized spacial score (nSPS) is 24.8. The first-order valence-corrected chi connectivity index (χ1v) is 11.4. The third kappa shape index (κ3) is 4.06. The highest BCUT2D eigenvalue weighted by Gasteiger charge is 2.42. The van der Waals surface area contributed by atoms with Crippen molar-refractivity contribution in [2.75, 3.05) is 14.2 Å². The first kappa shape index (κ1) is 22.2. The molecule has 1 fully saturated rings. The molecule has 6 heteroatoms. The molecule has 4 atom stereocenters. The van der Waals surface area contributed by atoms with Crippen molar-refractivity contribution < 1.29 is 19.1 Å². The highest BCUT2D eigenvalue weighted by Crippen LogP contribution is 2.38. The molecule has 170 valence electrons. The van der Waals surface area contributed by atoms with Crippen molar-refractivity contribution >= 4 is 11.8 Å². The maximum Gasteiger partial charge on any atom is 0.255 e. The zero-order valence-corrected chi connectivity index (χ0v) is 19.3. The molecule has 0 radical (unpaired) electrons. The molecule has 2 aliphatic rings. The monoisotopic (exact) mass is 436 g/mol. The fraction of sp³-hybridized carbons (Fsp3) is 0.462. The average molecular weight is 437 g/mol. The fourth-order valence-electron chi connectivity index (χ4n) is 5.03. The van der Waals surface area contributed by atoms with Gasteiger partial charge >= 0.3 is 0 Å². The van der Waals surface area contributed by atoms with Crippen LogP contribution >= 0.6 is 0 Å². The Hall–Kier alpha value is -3.02. The molecule has 4 rings (SSSR count). The molecule has 0 saturated heterocycles. The summed E-state index contributed by atoms with van der Waals surface area (Å²) in [7, 11) is 3.19. The second-order valence-corrected chi connectivity index (χ2v) is 8.98. The van der Waals surface area contributed by atoms with Crippen LogP contribution in [0.3, 0.4) is 0 Å². The van der Waals surface area contributed by atoms with E-state index in [9.17, 15) is 9.59 Å². The summed E-state index contributed by atoms with van der Waals surface area (Å²) in [5.41, 5.74) is 2.18. The molecular formula is C26H32N2O4. The van der Waals surface area contributed by atoms with Crippen molar-refractivity contribution in [1.29, 1.82) is 0 Å². The summed E-state index contributed by atoms with van der Waals surface area (Å²) in [6, 6.07) is 12.4. The van der Waals surface area contributed by atoms with Crippen molar-refractivity contribution in [2.24, 2.45) is 11.8 Å². The van der Waals surface area contributed by atoms with Gasteiger partial charge in [-0.1, -0.05) is 44.9 Å². The maximum atomic E-state index is 13.6. The van der Waals surface area contributed by atoms with Crippen LogP contribution < -0.4 is 14.8 Å². The van der Waals surface area contributed by atoms with Crippen molar-refractivity contribution in [3.8, 4) is 11.5 Å². The lowest BCUT2D eigenvalue weighted by Gasteiger charge is -2.36. The lowest BCUT2D eigenvalue weighted by atomic mass is 9.78. The summed E-state index contributed by atoms with van der Waals surface area (Å²) >= 11 is 0. The highest BCUT2D eigenvalue weighted by molar-refractivity contribution is 6.04. The Labute approximate surface area is 189 Å². The zero-order chi connectivity index (χ0) is 22.8. The van der Waals surface area contributed by atoms with Crippen LogP contribution in [-0.2, 0) is 11.3 Å². The molecule has 32 heavy (non-hydrogen) atoms. The van der Waals surface area contributed by atoms with E-state index >= 15 is 0 Å². The number of ether oxygens (including phenoxy) is 2. The lowest BCUT2D eigenvalue weighted by molar-refractivity contribution is -0.127. The lowest BCUT2D eigenvalue weighted by Crippen LogP contribution is -2.48. The number of fused-ring (bicyclic) bond motifs is 1. The van der Waals surface area contributed by atoms with E-state index in [1.54, 1.807) is 31.3 Å². The molecule has 2 aromatic rings. The van der Waals surface area contributed by atoms with E-state index in [1.807, 2.05) is 30.3 Å². The summed E-state index contributed by atoms with van der Waals surface area (Å²) in [4.78, 5) is 28.6. The van der Waals surface area contributed by atoms with Gasteiger partial charge in [-0.15, -0.1) is 0 Å². The van der Waals surface area contributed by atoms with Crippen LogP contribution in [0.4, 0.5) is 0 Å². The minimum atomic E-state index is -0.657. The Morgan fingerprint density at radius 2 is 1.88 bits per heavy atom. The molecule has 2 aromatic carbocycles. The Kier molecular flexibility index (Phi) is 6.40. The number of amides is 2. The quantitative estimate of drug-likeness (QED) is 0.731. The van der Waals surface area contributed by atoms with E-state index in [0.29, 0.717) is 28.9 Å². The van der Waals surface area contributed by atoms with E-state index in [1.165, 1.54) is 6.42 Å². The summed E-state index contributed by atoms with van der Waals surface area (Å²) < 4.78 is 10.8. The van der Waals surface area contributed by atoms with Gasteiger partial charge in [-0.05, 0) is 42.0 Å². The smallest absolute Gasteiger partial charge is 0.255 e. The summed E-state index contributed by atoms with van der Waals surface area (Å²) in [5, 5.41) is 3.28. The van der Waals surface area contributed by atoms with Gasteiger partial charge in [0.25, 0.3) is 5.91 Å². The fourth-order valence-corrected chi connectivity index (χ4v) is 5.03. The number of carbonyl (C=O) groups is 2. The van der Waals surface area contributed by atoms with Gasteiger partial charge in [0, 0.05) is 23.2 Å². The van der Waals surface area contributed by atoms with Gasteiger partial charge in [-0.2, -0.15) is 0 Å². The number of carbonyl (C=O) groups excluding carboxylic acids is 2. The standard InChI is InChI=1S/C26H32N2O4/c1-16-8-7-11-22(17(16)2)27-25(29)24-20-9-5-6-10-21(20)26(30)28(24)15-18-12-13-19(31-3)14-23(18)32-4/h5-6,9-10,12-14,16-17,22,24H,7-8,11,15H2,1-4H3,(H,27,29). The number of benzene rings is 2. The summed E-state index contributed by atoms with van der Waals surface area (Å²) in [5.74, 6) is 2.05. The Balaban J connectivity index is 1.64. The number of hydrogen-bond donors (Lipinski definition) is 1. The number of rotatable bonds is 6. The molecule has 0 aromatic heterocycles. The minimum absolute atomic E-state index is 0.110. The third-order valence-corrected chi connectivity index (χ3v) is 7.18. The van der Waals surface area contributed by atoms with Crippen LogP contribution in [-0.4, -0.2) is 37.0 Å². The number of hydrogen-bond acceptors (Lipinski definition) is 4. The highest BCUT2D eigenvalue weighted by atomic mass is 16.5. The van der Waals surface area contributed by atoms with Crippen LogP contribution in [0.2, 0.25) is 0 Å². The number of methoxy groups -OCH3 is 2. The topological polar surface area (TPSA) is 67.9 Å². The van der Waals surface area contributed by atoms with Crippen LogP contribution in [0.25, 0.3) is 0 Å². The third-order valence-electron chi connectivity index (χ3n) is 7.18. The van der Waals surface area contributed by atoms with Gasteiger partial charge in [-0.3, -0.25) is 9.59 Å². The molecule has 1 heterocycles. The number of nitrogens with one attached hydrogen (secondary N) is 1. The molecule has 1 aliphatic heterocycles. The Morgan fingerprint density at radius 1 is 1.09 bits per heavy atom. The maximum absolute atomic E-state index is 13.6. The van der Waals surface area contributed by atoms with Gasteiger partial charge in [-0.25, -0.2) is 0 Å². The molecule has 2 amide bonds. The van der Waals surface area contributed by atoms with Crippen LogP contribution in [0.5, 0.6) is 11.5 Å². The van der Waals surface area contributed by atoms with Crippen molar-refractivity contribution in [1.82, 2.24) is 10.2 Å². The minimum Gasteiger partial charge on any atom is -0.497 e. The van der Waals surface area contributed by atoms with Crippen molar-refractivity contribution in [3.63, 3.8) is 0 Å². The van der Waals surface area contributed by atoms with Crippen LogP contribution in [0, 0.1) is 11.8 Å². The van der Waals surface area contributed by atoms with E-state index in [2.05, 4.69) is 19.2 Å². The van der Waals surface area contributed by atoms with Gasteiger partial charge in [0.05, 0.1) is 20.8 Å². The van der Waals surface area contributed by atoms with Gasteiger partial charge < -0.3 is 19.7 Å². The second-order valence-electron chi connectivity index (χ2n) is 8.98. The first-order valence-electron chi connectivity index (χ1n) is 11.4. The van der Waals surface area contributed by atoms with Gasteiger partial charge in [0.1, 0.15) is 17.5 Å². The summed E-state index contributed by atoms with van der Waals surface area (Å²) in [6.07, 6.45) is 3.29. The largest absolute Gasteiger partial charge is 0.497 e. The number of nitrogens with zero attached hydrogens (tertiary/aromatic N) is 1. The van der Waals surface area contributed by atoms with Crippen LogP contribution in [0.1, 0.15) is 60.6 Å². The van der Waals surface area contributed by atoms with E-state index in [4.69, 9.17) is 9.47 Å². The molecule has 0 bridgehead atoms. The van der Waals surface area contributed by atoms with Gasteiger partial charge in [0.15, 0.2) is 0 Å². The molecule has 1 saturated carbocycles. The average Bonchev–Trinajstić information content (AvgIpc) is 3.09. The predicted molar refractivity (Wildman–Crippen MR) is 123 cm³/mol. The molecule has 1 N–H and O–H groups in total. The molecule has 4 unspecified atom stereocenters. The van der Waals surface area contributed by atoms with Crippen LogP contribution in [0.15, 0.2) is 42.5 Å². The van der Waals surface area contributed by atoms with E-state index in [0.717, 1.165) is 24.0 Å². The predicted octanol–water partition coefficient (Wildman–Crippen LogP) is 4.34. The first-order chi connectivity index (χ1) is 15.4. The second kappa shape index (κ2) is 9.23. The van der Waals surface area contributed by atoms with Crippen molar-refractivity contribution in [2.45, 2.75) is 51.7 Å². The zero-order valence-electron chi connectivity index (χ0n) is 19.3. The molecule has 6 nitrogen and oxygen atoms in total. The van der Waals surface area contributed by atoms with Crippen molar-refractivity contribution in [3.05, 3.63) is 59.2 Å². The molecule has 0 spiro atoms. The Morgan fingerprint density at radius 3 is 2.62 bits per heavy atom. The van der Waals surface area contributed by atoms with E-state index < -0.39 is 6.04 Å². The van der Waals surface area contributed by atoms with E-state index in [-0.39, 0.29) is 24.4 Å². The Bertz CT molecular complexity index is 1010. The molecular weight excluding hydrogens is 404 g/mol. The molecule has 1 aliphatic carbocycles.